The number of pyridine rings is 1. The van der Waals surface area contributed by atoms with Crippen molar-refractivity contribution >= 4 is 28.8 Å². The van der Waals surface area contributed by atoms with E-state index in [0.717, 1.165) is 20.8 Å². The van der Waals surface area contributed by atoms with Gasteiger partial charge in [-0.05, 0) is 24.3 Å². The lowest BCUT2D eigenvalue weighted by Gasteiger charge is -2.08. The number of anilines is 1. The third-order valence-corrected chi connectivity index (χ3v) is 3.28. The molecule has 16 heavy (non-hydrogen) atoms. The molecule has 0 unspecified atom stereocenters. The van der Waals surface area contributed by atoms with E-state index in [1.165, 1.54) is 0 Å². The van der Waals surface area contributed by atoms with E-state index >= 15 is 0 Å². The molecule has 2 aromatic heterocycles. The molecule has 0 fully saturated rings. The summed E-state index contributed by atoms with van der Waals surface area (Å²) in [5.41, 5.74) is 0. The van der Waals surface area contributed by atoms with Crippen molar-refractivity contribution in [1.82, 2.24) is 4.98 Å². The standard InChI is InChI=1S/C11H11ClN2OS/c1-15-9-3-2-6-13-11(9)14-7-8-4-5-10(12)16-8/h2-6H,7H2,1H3,(H,13,14). The molecule has 0 bridgehead atoms. The van der Waals surface area contributed by atoms with E-state index in [-0.39, 0.29) is 0 Å². The van der Waals surface area contributed by atoms with Crippen molar-refractivity contribution in [1.29, 1.82) is 0 Å². The summed E-state index contributed by atoms with van der Waals surface area (Å²) in [5, 5.41) is 3.21. The Hall–Kier alpha value is -1.26. The topological polar surface area (TPSA) is 34.1 Å². The Kier molecular flexibility index (Phi) is 3.64. The normalized spacial score (nSPS) is 10.1. The second-order valence-electron chi connectivity index (χ2n) is 3.11. The Balaban J connectivity index is 2.04. The molecule has 2 heterocycles. The largest absolute Gasteiger partial charge is 0.493 e. The molecule has 0 atom stereocenters. The Morgan fingerprint density at radius 3 is 3.00 bits per heavy atom. The van der Waals surface area contributed by atoms with Crippen molar-refractivity contribution in [2.75, 3.05) is 12.4 Å². The maximum atomic E-state index is 5.85. The second-order valence-corrected chi connectivity index (χ2v) is 4.91. The van der Waals surface area contributed by atoms with Gasteiger partial charge in [0.05, 0.1) is 18.0 Å². The molecule has 84 valence electrons. The molecule has 2 aromatic rings. The Labute approximate surface area is 103 Å². The minimum absolute atomic E-state index is 0.699. The fraction of sp³-hybridized carbons (Fsp3) is 0.182. The van der Waals surface area contributed by atoms with Crippen LogP contribution in [0, 0.1) is 0 Å². The van der Waals surface area contributed by atoms with Gasteiger partial charge in [0.1, 0.15) is 0 Å². The van der Waals surface area contributed by atoms with Crippen LogP contribution >= 0.6 is 22.9 Å². The highest BCUT2D eigenvalue weighted by atomic mass is 35.5. The molecule has 0 radical (unpaired) electrons. The van der Waals surface area contributed by atoms with Gasteiger partial charge in [-0.2, -0.15) is 0 Å². The first kappa shape index (κ1) is 11.2. The van der Waals surface area contributed by atoms with Gasteiger partial charge in [-0.25, -0.2) is 4.98 Å². The van der Waals surface area contributed by atoms with Gasteiger partial charge >= 0.3 is 0 Å². The molecule has 1 N–H and O–H groups in total. The maximum absolute atomic E-state index is 5.85. The third kappa shape index (κ3) is 2.65. The molecule has 0 amide bonds. The molecule has 0 saturated heterocycles. The average molecular weight is 255 g/mol. The fourth-order valence-corrected chi connectivity index (χ4v) is 2.33. The van der Waals surface area contributed by atoms with Gasteiger partial charge in [0.2, 0.25) is 0 Å². The van der Waals surface area contributed by atoms with Crippen LogP contribution in [0.5, 0.6) is 5.75 Å². The lowest BCUT2D eigenvalue weighted by Crippen LogP contribution is -2.01. The summed E-state index contributed by atoms with van der Waals surface area (Å²) in [6, 6.07) is 7.59. The summed E-state index contributed by atoms with van der Waals surface area (Å²) in [6.07, 6.45) is 1.73. The summed E-state index contributed by atoms with van der Waals surface area (Å²) in [5.74, 6) is 1.49. The number of halogens is 1. The van der Waals surface area contributed by atoms with Crippen LogP contribution in [0.3, 0.4) is 0 Å². The summed E-state index contributed by atoms with van der Waals surface area (Å²) in [7, 11) is 1.63. The summed E-state index contributed by atoms with van der Waals surface area (Å²) in [6.45, 7) is 0.699. The second kappa shape index (κ2) is 5.18. The highest BCUT2D eigenvalue weighted by Crippen LogP contribution is 2.24. The zero-order valence-corrected chi connectivity index (χ0v) is 10.3. The van der Waals surface area contributed by atoms with E-state index in [9.17, 15) is 0 Å². The van der Waals surface area contributed by atoms with Crippen molar-refractivity contribution in [3.05, 3.63) is 39.7 Å². The number of nitrogens with one attached hydrogen (secondary N) is 1. The van der Waals surface area contributed by atoms with Gasteiger partial charge in [-0.3, -0.25) is 0 Å². The predicted molar refractivity (Wildman–Crippen MR) is 67.4 cm³/mol. The zero-order chi connectivity index (χ0) is 11.4. The smallest absolute Gasteiger partial charge is 0.169 e. The van der Waals surface area contributed by atoms with Crippen LogP contribution in [0.4, 0.5) is 5.82 Å². The van der Waals surface area contributed by atoms with E-state index in [4.69, 9.17) is 16.3 Å². The van der Waals surface area contributed by atoms with E-state index < -0.39 is 0 Å². The number of ether oxygens (including phenoxy) is 1. The van der Waals surface area contributed by atoms with Gasteiger partial charge < -0.3 is 10.1 Å². The van der Waals surface area contributed by atoms with Crippen LogP contribution < -0.4 is 10.1 Å². The molecule has 0 aliphatic heterocycles. The molecule has 0 saturated carbocycles. The van der Waals surface area contributed by atoms with Crippen molar-refractivity contribution in [2.24, 2.45) is 0 Å². The van der Waals surface area contributed by atoms with E-state index in [1.54, 1.807) is 24.6 Å². The molecule has 5 heteroatoms. The van der Waals surface area contributed by atoms with Crippen LogP contribution in [0.25, 0.3) is 0 Å². The zero-order valence-electron chi connectivity index (χ0n) is 8.74. The Bertz CT molecular complexity index is 473. The van der Waals surface area contributed by atoms with E-state index in [2.05, 4.69) is 10.3 Å². The number of nitrogens with zero attached hydrogens (tertiary/aromatic N) is 1. The molecule has 3 nitrogen and oxygen atoms in total. The summed E-state index contributed by atoms with van der Waals surface area (Å²) in [4.78, 5) is 5.37. The summed E-state index contributed by atoms with van der Waals surface area (Å²) < 4.78 is 5.99. The van der Waals surface area contributed by atoms with Gasteiger partial charge in [-0.15, -0.1) is 11.3 Å². The summed E-state index contributed by atoms with van der Waals surface area (Å²) >= 11 is 7.41. The molecule has 0 spiro atoms. The van der Waals surface area contributed by atoms with E-state index in [0.29, 0.717) is 6.54 Å². The minimum atomic E-state index is 0.699. The van der Waals surface area contributed by atoms with Gasteiger partial charge in [0, 0.05) is 11.1 Å². The van der Waals surface area contributed by atoms with Crippen LogP contribution in [0.15, 0.2) is 30.5 Å². The van der Waals surface area contributed by atoms with Crippen molar-refractivity contribution in [2.45, 2.75) is 6.54 Å². The molecular formula is C11H11ClN2OS. The average Bonchev–Trinajstić information content (AvgIpc) is 2.73. The van der Waals surface area contributed by atoms with Crippen LogP contribution in [-0.2, 0) is 6.54 Å². The number of methoxy groups -OCH3 is 1. The number of hydrogen-bond acceptors (Lipinski definition) is 4. The Morgan fingerprint density at radius 1 is 1.44 bits per heavy atom. The van der Waals surface area contributed by atoms with Gasteiger partial charge in [-0.1, -0.05) is 11.6 Å². The first-order valence-electron chi connectivity index (χ1n) is 4.76. The first-order chi connectivity index (χ1) is 7.79. The number of hydrogen-bond donors (Lipinski definition) is 1. The van der Waals surface area contributed by atoms with E-state index in [1.807, 2.05) is 24.3 Å². The number of thiophene rings is 1. The number of aromatic nitrogens is 1. The third-order valence-electron chi connectivity index (χ3n) is 2.05. The number of rotatable bonds is 4. The molecule has 0 aliphatic rings. The molecule has 0 aliphatic carbocycles. The van der Waals surface area contributed by atoms with Crippen molar-refractivity contribution < 1.29 is 4.74 Å². The lowest BCUT2D eigenvalue weighted by molar-refractivity contribution is 0.415. The highest BCUT2D eigenvalue weighted by Gasteiger charge is 2.03. The first-order valence-corrected chi connectivity index (χ1v) is 5.96. The van der Waals surface area contributed by atoms with Gasteiger partial charge in [0.25, 0.3) is 0 Å². The van der Waals surface area contributed by atoms with Crippen LogP contribution in [-0.4, -0.2) is 12.1 Å². The molecule has 0 aromatic carbocycles. The molecule has 2 rings (SSSR count). The monoisotopic (exact) mass is 254 g/mol. The van der Waals surface area contributed by atoms with Crippen molar-refractivity contribution in [3.63, 3.8) is 0 Å². The predicted octanol–water partition coefficient (Wildman–Crippen LogP) is 3.42. The van der Waals surface area contributed by atoms with Crippen molar-refractivity contribution in [3.8, 4) is 5.75 Å². The van der Waals surface area contributed by atoms with Gasteiger partial charge in [0.15, 0.2) is 11.6 Å². The molecular weight excluding hydrogens is 244 g/mol. The minimum Gasteiger partial charge on any atom is -0.493 e. The van der Waals surface area contributed by atoms with Crippen LogP contribution in [0.1, 0.15) is 4.88 Å². The lowest BCUT2D eigenvalue weighted by atomic mass is 10.4. The fourth-order valence-electron chi connectivity index (χ4n) is 1.31. The quantitative estimate of drug-likeness (QED) is 0.908. The maximum Gasteiger partial charge on any atom is 0.169 e. The SMILES string of the molecule is COc1cccnc1NCc1ccc(Cl)s1. The Morgan fingerprint density at radius 2 is 2.31 bits per heavy atom. The van der Waals surface area contributed by atoms with Crippen LogP contribution in [0.2, 0.25) is 4.34 Å². The highest BCUT2D eigenvalue weighted by molar-refractivity contribution is 7.16.